The number of rotatable bonds is 5. The summed E-state index contributed by atoms with van der Waals surface area (Å²) in [5.74, 6) is 1.77. The molecule has 2 fully saturated rings. The van der Waals surface area contributed by atoms with Crippen molar-refractivity contribution in [2.75, 3.05) is 44.2 Å². The summed E-state index contributed by atoms with van der Waals surface area (Å²) in [7, 11) is 0. The second-order valence-corrected chi connectivity index (χ2v) is 7.11. The molecule has 4 rings (SSSR count). The minimum Gasteiger partial charge on any atom is -0.493 e. The van der Waals surface area contributed by atoms with E-state index in [1.54, 1.807) is 0 Å². The van der Waals surface area contributed by atoms with Crippen LogP contribution in [0.3, 0.4) is 0 Å². The van der Waals surface area contributed by atoms with Crippen LogP contribution in [0.4, 0.5) is 5.82 Å². The molecule has 2 aliphatic heterocycles. The van der Waals surface area contributed by atoms with Crippen LogP contribution in [0.2, 0.25) is 0 Å². The van der Waals surface area contributed by atoms with Crippen LogP contribution >= 0.6 is 0 Å². The van der Waals surface area contributed by atoms with Crippen LogP contribution < -0.4 is 9.64 Å². The van der Waals surface area contributed by atoms with Crippen LogP contribution in [0.5, 0.6) is 5.75 Å². The van der Waals surface area contributed by atoms with E-state index in [2.05, 4.69) is 14.8 Å². The SMILES string of the molecule is O=C(O)C1CCC1CCN1CCN(c2nccc3c2CCO3)CC1. The fourth-order valence-corrected chi connectivity index (χ4v) is 4.14. The van der Waals surface area contributed by atoms with Crippen molar-refractivity contribution in [3.63, 3.8) is 0 Å². The van der Waals surface area contributed by atoms with Crippen LogP contribution in [-0.4, -0.2) is 60.3 Å². The van der Waals surface area contributed by atoms with Gasteiger partial charge < -0.3 is 14.7 Å². The summed E-state index contributed by atoms with van der Waals surface area (Å²) in [6.07, 6.45) is 5.76. The van der Waals surface area contributed by atoms with Gasteiger partial charge in [0.1, 0.15) is 11.6 Å². The van der Waals surface area contributed by atoms with Crippen LogP contribution in [0, 0.1) is 11.8 Å². The fraction of sp³-hybridized carbons (Fsp3) is 0.667. The van der Waals surface area contributed by atoms with E-state index in [9.17, 15) is 4.79 Å². The normalized spacial score (nSPS) is 26.6. The first-order chi connectivity index (χ1) is 11.7. The van der Waals surface area contributed by atoms with Gasteiger partial charge in [-0.05, 0) is 37.8 Å². The van der Waals surface area contributed by atoms with Gasteiger partial charge in [-0.1, -0.05) is 0 Å². The third kappa shape index (κ3) is 2.95. The molecular weight excluding hydrogens is 306 g/mol. The van der Waals surface area contributed by atoms with Gasteiger partial charge in [-0.25, -0.2) is 4.98 Å². The van der Waals surface area contributed by atoms with E-state index in [1.807, 2.05) is 12.3 Å². The van der Waals surface area contributed by atoms with Crippen LogP contribution in [0.25, 0.3) is 0 Å². The number of carboxylic acid groups (broad SMARTS) is 1. The summed E-state index contributed by atoms with van der Waals surface area (Å²) >= 11 is 0. The maximum atomic E-state index is 11.1. The molecule has 1 saturated heterocycles. The van der Waals surface area contributed by atoms with Crippen molar-refractivity contribution in [3.8, 4) is 5.75 Å². The molecule has 1 aliphatic carbocycles. The molecule has 3 heterocycles. The predicted octanol–water partition coefficient (Wildman–Crippen LogP) is 1.64. The van der Waals surface area contributed by atoms with E-state index in [0.717, 1.165) is 76.6 Å². The van der Waals surface area contributed by atoms with Gasteiger partial charge in [0.25, 0.3) is 0 Å². The molecule has 0 amide bonds. The molecule has 130 valence electrons. The summed E-state index contributed by atoms with van der Waals surface area (Å²) in [6, 6.07) is 1.96. The number of aromatic nitrogens is 1. The number of carboxylic acids is 1. The van der Waals surface area contributed by atoms with Gasteiger partial charge in [0, 0.05) is 44.4 Å². The highest BCUT2D eigenvalue weighted by Gasteiger charge is 2.36. The van der Waals surface area contributed by atoms with Crippen molar-refractivity contribution in [1.29, 1.82) is 0 Å². The van der Waals surface area contributed by atoms with Crippen molar-refractivity contribution in [2.45, 2.75) is 25.7 Å². The number of carbonyl (C=O) groups is 1. The van der Waals surface area contributed by atoms with Crippen molar-refractivity contribution >= 4 is 11.8 Å². The zero-order valence-electron chi connectivity index (χ0n) is 14.0. The number of ether oxygens (including phenoxy) is 1. The molecule has 3 aliphatic rings. The molecule has 0 radical (unpaired) electrons. The lowest BCUT2D eigenvalue weighted by atomic mass is 9.72. The summed E-state index contributed by atoms with van der Waals surface area (Å²) in [5, 5.41) is 9.14. The lowest BCUT2D eigenvalue weighted by molar-refractivity contribution is -0.148. The van der Waals surface area contributed by atoms with Crippen molar-refractivity contribution < 1.29 is 14.6 Å². The minimum absolute atomic E-state index is 0.0950. The molecule has 6 heteroatoms. The molecular formula is C18H25N3O3. The third-order valence-corrected chi connectivity index (χ3v) is 5.82. The van der Waals surface area contributed by atoms with E-state index < -0.39 is 5.97 Å². The quantitative estimate of drug-likeness (QED) is 0.885. The maximum Gasteiger partial charge on any atom is 0.306 e. The van der Waals surface area contributed by atoms with Crippen molar-refractivity contribution in [3.05, 3.63) is 17.8 Å². The Morgan fingerprint density at radius 2 is 2.12 bits per heavy atom. The Morgan fingerprint density at radius 1 is 1.29 bits per heavy atom. The number of anilines is 1. The second-order valence-electron chi connectivity index (χ2n) is 7.11. The molecule has 2 unspecified atom stereocenters. The highest BCUT2D eigenvalue weighted by Crippen LogP contribution is 2.37. The van der Waals surface area contributed by atoms with E-state index in [1.165, 1.54) is 5.56 Å². The molecule has 0 aromatic carbocycles. The van der Waals surface area contributed by atoms with Gasteiger partial charge in [-0.15, -0.1) is 0 Å². The Hall–Kier alpha value is -1.82. The first-order valence-corrected chi connectivity index (χ1v) is 9.03. The second kappa shape index (κ2) is 6.59. The lowest BCUT2D eigenvalue weighted by Crippen LogP contribution is -2.48. The number of piperazine rings is 1. The first-order valence-electron chi connectivity index (χ1n) is 9.03. The molecule has 0 bridgehead atoms. The number of nitrogens with zero attached hydrogens (tertiary/aromatic N) is 3. The smallest absolute Gasteiger partial charge is 0.306 e. The Bertz CT molecular complexity index is 614. The Balaban J connectivity index is 1.28. The Labute approximate surface area is 142 Å². The molecule has 6 nitrogen and oxygen atoms in total. The maximum absolute atomic E-state index is 11.1. The number of fused-ring (bicyclic) bond motifs is 1. The lowest BCUT2D eigenvalue weighted by Gasteiger charge is -2.38. The largest absolute Gasteiger partial charge is 0.493 e. The molecule has 24 heavy (non-hydrogen) atoms. The topological polar surface area (TPSA) is 65.9 Å². The van der Waals surface area contributed by atoms with Gasteiger partial charge in [0.2, 0.25) is 0 Å². The fourth-order valence-electron chi connectivity index (χ4n) is 4.14. The average Bonchev–Trinajstić information content (AvgIpc) is 3.02. The molecule has 2 atom stereocenters. The van der Waals surface area contributed by atoms with Crippen LogP contribution in [0.15, 0.2) is 12.3 Å². The number of hydrogen-bond donors (Lipinski definition) is 1. The molecule has 1 aromatic rings. The Kier molecular flexibility index (Phi) is 4.31. The highest BCUT2D eigenvalue weighted by molar-refractivity contribution is 5.71. The minimum atomic E-state index is -0.609. The van der Waals surface area contributed by atoms with Gasteiger partial charge >= 0.3 is 5.97 Å². The zero-order chi connectivity index (χ0) is 16.5. The van der Waals surface area contributed by atoms with Crippen LogP contribution in [-0.2, 0) is 11.2 Å². The van der Waals surface area contributed by atoms with Gasteiger partial charge in [-0.2, -0.15) is 0 Å². The summed E-state index contributed by atoms with van der Waals surface area (Å²) in [4.78, 5) is 20.5. The number of hydrogen-bond acceptors (Lipinski definition) is 5. The van der Waals surface area contributed by atoms with E-state index >= 15 is 0 Å². The summed E-state index contributed by atoms with van der Waals surface area (Å²) in [6.45, 7) is 5.80. The van der Waals surface area contributed by atoms with E-state index in [4.69, 9.17) is 9.84 Å². The van der Waals surface area contributed by atoms with Gasteiger partial charge in [-0.3, -0.25) is 9.69 Å². The Morgan fingerprint density at radius 3 is 2.83 bits per heavy atom. The standard InChI is InChI=1S/C18H25N3O3/c22-18(23)14-2-1-13(14)4-7-20-8-10-21(11-9-20)17-15-5-12-24-16(15)3-6-19-17/h3,6,13-14H,1-2,4-5,7-12H2,(H,22,23). The van der Waals surface area contributed by atoms with E-state index in [-0.39, 0.29) is 5.92 Å². The molecule has 1 saturated carbocycles. The van der Waals surface area contributed by atoms with Gasteiger partial charge in [0.05, 0.1) is 12.5 Å². The molecule has 0 spiro atoms. The van der Waals surface area contributed by atoms with Gasteiger partial charge in [0.15, 0.2) is 0 Å². The zero-order valence-corrected chi connectivity index (χ0v) is 14.0. The molecule has 1 N–H and O–H groups in total. The highest BCUT2D eigenvalue weighted by atomic mass is 16.5. The number of pyridine rings is 1. The monoisotopic (exact) mass is 331 g/mol. The summed E-state index contributed by atoms with van der Waals surface area (Å²) in [5.41, 5.74) is 1.25. The first kappa shape index (κ1) is 15.7. The number of aliphatic carboxylic acids is 1. The van der Waals surface area contributed by atoms with Crippen molar-refractivity contribution in [1.82, 2.24) is 9.88 Å². The van der Waals surface area contributed by atoms with E-state index in [0.29, 0.717) is 5.92 Å². The third-order valence-electron chi connectivity index (χ3n) is 5.82. The average molecular weight is 331 g/mol. The predicted molar refractivity (Wildman–Crippen MR) is 90.6 cm³/mol. The van der Waals surface area contributed by atoms with Crippen LogP contribution in [0.1, 0.15) is 24.8 Å². The van der Waals surface area contributed by atoms with Crippen molar-refractivity contribution in [2.24, 2.45) is 11.8 Å². The molecule has 1 aromatic heterocycles. The summed E-state index contributed by atoms with van der Waals surface area (Å²) < 4.78 is 5.64.